The van der Waals surface area contributed by atoms with Gasteiger partial charge in [-0.15, -0.1) is 11.3 Å². The molecule has 3 heteroatoms. The van der Waals surface area contributed by atoms with Gasteiger partial charge in [-0.05, 0) is 73.8 Å². The van der Waals surface area contributed by atoms with Crippen LogP contribution in [0.1, 0.15) is 45.2 Å². The van der Waals surface area contributed by atoms with Crippen LogP contribution in [0.2, 0.25) is 0 Å². The number of allylic oxidation sites excluding steroid dienone is 1. The molecule has 1 aromatic heterocycles. The van der Waals surface area contributed by atoms with Gasteiger partial charge in [0.05, 0.1) is 5.69 Å². The Morgan fingerprint density at radius 1 is 0.703 bits per heavy atom. The third-order valence-corrected chi connectivity index (χ3v) is 9.13. The van der Waals surface area contributed by atoms with Crippen LogP contribution in [0, 0.1) is 11.8 Å². The highest BCUT2D eigenvalue weighted by molar-refractivity contribution is 7.22. The molecule has 7 rings (SSSR count). The summed E-state index contributed by atoms with van der Waals surface area (Å²) in [5.41, 5.74) is 9.05. The molecule has 0 unspecified atom stereocenters. The van der Waals surface area contributed by atoms with Gasteiger partial charge >= 0.3 is 0 Å². The second-order valence-electron chi connectivity index (χ2n) is 11.0. The molecule has 0 saturated carbocycles. The molecule has 182 valence electrons. The van der Waals surface area contributed by atoms with Crippen molar-refractivity contribution in [3.63, 3.8) is 0 Å². The summed E-state index contributed by atoms with van der Waals surface area (Å²) in [4.78, 5) is 11.1. The normalized spacial score (nSPS) is 15.2. The third-order valence-electron chi connectivity index (χ3n) is 7.98. The highest BCUT2D eigenvalue weighted by atomic mass is 32.1. The Hall–Kier alpha value is -3.56. The molecule has 0 atom stereocenters. The predicted molar refractivity (Wildman–Crippen MR) is 163 cm³/mol. The molecule has 37 heavy (non-hydrogen) atoms. The van der Waals surface area contributed by atoms with E-state index in [0.29, 0.717) is 11.8 Å². The van der Waals surface area contributed by atoms with E-state index in [1.807, 2.05) is 11.3 Å². The summed E-state index contributed by atoms with van der Waals surface area (Å²) >= 11 is 1.89. The Morgan fingerprint density at radius 3 is 2.27 bits per heavy atom. The Balaban J connectivity index is 1.31. The van der Waals surface area contributed by atoms with Crippen LogP contribution in [0.15, 0.2) is 82.9 Å². The van der Waals surface area contributed by atoms with E-state index in [2.05, 4.69) is 106 Å². The highest BCUT2D eigenvalue weighted by Gasteiger charge is 2.23. The molecule has 2 aliphatic heterocycles. The van der Waals surface area contributed by atoms with Crippen LogP contribution in [0.3, 0.4) is 0 Å². The first kappa shape index (κ1) is 22.6. The fraction of sp³-hybridized carbons (Fsp3) is 0.235. The van der Waals surface area contributed by atoms with Gasteiger partial charge in [0, 0.05) is 45.4 Å². The smallest absolute Gasteiger partial charge is 0.0749 e. The van der Waals surface area contributed by atoms with Crippen molar-refractivity contribution in [3.8, 4) is 10.4 Å². The number of aliphatic imine (C=N–C) groups is 2. The van der Waals surface area contributed by atoms with Crippen molar-refractivity contribution < 1.29 is 0 Å². The van der Waals surface area contributed by atoms with Crippen LogP contribution in [-0.2, 0) is 6.42 Å². The van der Waals surface area contributed by atoms with E-state index >= 15 is 0 Å². The van der Waals surface area contributed by atoms with Gasteiger partial charge in [-0.25, -0.2) is 0 Å². The lowest BCUT2D eigenvalue weighted by molar-refractivity contribution is 0.872. The minimum atomic E-state index is 0.465. The fourth-order valence-corrected chi connectivity index (χ4v) is 6.85. The van der Waals surface area contributed by atoms with E-state index in [-0.39, 0.29) is 0 Å². The lowest BCUT2D eigenvalue weighted by atomic mass is 9.92. The van der Waals surface area contributed by atoms with Crippen LogP contribution in [0.4, 0.5) is 5.69 Å². The molecule has 0 bridgehead atoms. The summed E-state index contributed by atoms with van der Waals surface area (Å²) in [6.45, 7) is 8.95. The molecule has 0 amide bonds. The van der Waals surface area contributed by atoms with Gasteiger partial charge in [-0.2, -0.15) is 0 Å². The number of benzene rings is 4. The first-order valence-electron chi connectivity index (χ1n) is 13.3. The molecular formula is C34H30N2S. The van der Waals surface area contributed by atoms with Crippen molar-refractivity contribution >= 4 is 65.7 Å². The number of hydrogen-bond acceptors (Lipinski definition) is 3. The number of fused-ring (bicyclic) bond motifs is 7. The summed E-state index contributed by atoms with van der Waals surface area (Å²) in [5.74, 6) is 0.965. The highest BCUT2D eigenvalue weighted by Crippen LogP contribution is 2.44. The van der Waals surface area contributed by atoms with Crippen LogP contribution in [0.5, 0.6) is 0 Å². The summed E-state index contributed by atoms with van der Waals surface area (Å²) < 4.78 is 1.33. The van der Waals surface area contributed by atoms with Gasteiger partial charge in [0.25, 0.3) is 0 Å². The summed E-state index contributed by atoms with van der Waals surface area (Å²) in [6, 6.07) is 25.0. The topological polar surface area (TPSA) is 24.7 Å². The van der Waals surface area contributed by atoms with Gasteiger partial charge in [0.15, 0.2) is 0 Å². The molecule has 5 aromatic rings. The zero-order chi connectivity index (χ0) is 25.3. The maximum atomic E-state index is 5.10. The Kier molecular flexibility index (Phi) is 5.19. The summed E-state index contributed by atoms with van der Waals surface area (Å²) in [5, 5.41) is 6.55. The SMILES string of the molecule is CC(C)C1=NC=C(c2ccc3cc(-c4ccc5c6c(c7ccccc7c5c4)N=C(C(C)C)C6)sc3c2)C1. The molecule has 2 aliphatic rings. The van der Waals surface area contributed by atoms with E-state index in [1.165, 1.54) is 75.9 Å². The van der Waals surface area contributed by atoms with Gasteiger partial charge < -0.3 is 0 Å². The second-order valence-corrected chi connectivity index (χ2v) is 12.1. The van der Waals surface area contributed by atoms with E-state index in [0.717, 1.165) is 12.8 Å². The van der Waals surface area contributed by atoms with Crippen molar-refractivity contribution in [3.05, 3.63) is 84.1 Å². The van der Waals surface area contributed by atoms with Crippen molar-refractivity contribution in [1.29, 1.82) is 0 Å². The zero-order valence-electron chi connectivity index (χ0n) is 21.8. The Bertz CT molecular complexity index is 1830. The van der Waals surface area contributed by atoms with Crippen LogP contribution >= 0.6 is 11.3 Å². The number of hydrogen-bond donors (Lipinski definition) is 0. The average Bonchev–Trinajstić information content (AvgIpc) is 3.66. The maximum absolute atomic E-state index is 5.10. The quantitative estimate of drug-likeness (QED) is 0.220. The Labute approximate surface area is 222 Å². The molecule has 3 heterocycles. The third kappa shape index (κ3) is 3.67. The standard InChI is InChI=1S/C34H30N2S/c1-19(2)30-14-24(18-35-30)21-9-10-23-16-33(37-32(23)15-21)22-11-12-26-28(13-22)25-7-5-6-8-27(25)34-29(26)17-31(36-34)20(3)4/h5-13,15-16,18-20H,14,17H2,1-4H3. The van der Waals surface area contributed by atoms with Crippen LogP contribution in [0.25, 0.3) is 47.6 Å². The van der Waals surface area contributed by atoms with Gasteiger partial charge in [-0.1, -0.05) is 76.2 Å². The minimum Gasteiger partial charge on any atom is -0.265 e. The molecular weight excluding hydrogens is 468 g/mol. The van der Waals surface area contributed by atoms with Gasteiger partial charge in [-0.3, -0.25) is 9.98 Å². The summed E-state index contributed by atoms with van der Waals surface area (Å²) in [6.07, 6.45) is 3.98. The molecule has 4 aromatic carbocycles. The van der Waals surface area contributed by atoms with E-state index in [9.17, 15) is 0 Å². The first-order valence-corrected chi connectivity index (χ1v) is 14.1. The molecule has 0 saturated heterocycles. The molecule has 2 nitrogen and oxygen atoms in total. The molecule has 0 N–H and O–H groups in total. The molecule has 0 spiro atoms. The fourth-order valence-electron chi connectivity index (χ4n) is 5.75. The monoisotopic (exact) mass is 498 g/mol. The molecule has 0 fully saturated rings. The maximum Gasteiger partial charge on any atom is 0.0749 e. The van der Waals surface area contributed by atoms with Crippen molar-refractivity contribution in [2.45, 2.75) is 40.5 Å². The van der Waals surface area contributed by atoms with Crippen molar-refractivity contribution in [1.82, 2.24) is 0 Å². The number of rotatable bonds is 4. The van der Waals surface area contributed by atoms with Crippen LogP contribution in [-0.4, -0.2) is 11.4 Å². The zero-order valence-corrected chi connectivity index (χ0v) is 22.6. The lowest BCUT2D eigenvalue weighted by Crippen LogP contribution is -2.06. The van der Waals surface area contributed by atoms with E-state index < -0.39 is 0 Å². The van der Waals surface area contributed by atoms with E-state index in [4.69, 9.17) is 4.99 Å². The minimum absolute atomic E-state index is 0.465. The largest absolute Gasteiger partial charge is 0.265 e. The van der Waals surface area contributed by atoms with E-state index in [1.54, 1.807) is 0 Å². The van der Waals surface area contributed by atoms with Crippen molar-refractivity contribution in [2.24, 2.45) is 21.8 Å². The summed E-state index contributed by atoms with van der Waals surface area (Å²) in [7, 11) is 0. The van der Waals surface area contributed by atoms with Gasteiger partial charge in [0.2, 0.25) is 0 Å². The molecule has 0 aliphatic carbocycles. The average molecular weight is 499 g/mol. The van der Waals surface area contributed by atoms with Gasteiger partial charge in [0.1, 0.15) is 0 Å². The first-order chi connectivity index (χ1) is 18.0. The van der Waals surface area contributed by atoms with Crippen LogP contribution < -0.4 is 0 Å². The second kappa shape index (κ2) is 8.49. The number of thiophene rings is 1. The predicted octanol–water partition coefficient (Wildman–Crippen LogP) is 10.0. The number of nitrogens with zero attached hydrogens (tertiary/aromatic N) is 2. The molecule has 0 radical (unpaired) electrons. The Morgan fingerprint density at radius 2 is 1.49 bits per heavy atom. The van der Waals surface area contributed by atoms with Crippen molar-refractivity contribution in [2.75, 3.05) is 0 Å². The lowest BCUT2D eigenvalue weighted by Gasteiger charge is -2.12.